The summed E-state index contributed by atoms with van der Waals surface area (Å²) in [5, 5.41) is 14.8. The van der Waals surface area contributed by atoms with E-state index in [-0.39, 0.29) is 23.4 Å². The van der Waals surface area contributed by atoms with Gasteiger partial charge in [-0.25, -0.2) is 4.79 Å². The highest BCUT2D eigenvalue weighted by molar-refractivity contribution is 5.98. The first kappa shape index (κ1) is 19.4. The molecule has 0 atom stereocenters. The van der Waals surface area contributed by atoms with Gasteiger partial charge in [0.05, 0.1) is 12.7 Å². The first-order valence-corrected chi connectivity index (χ1v) is 9.07. The molecule has 3 rings (SSSR count). The summed E-state index contributed by atoms with van der Waals surface area (Å²) in [6, 6.07) is 11.5. The Morgan fingerprint density at radius 1 is 1.00 bits per heavy atom. The molecule has 0 saturated heterocycles. The molecule has 146 valence electrons. The van der Waals surface area contributed by atoms with Gasteiger partial charge in [0.1, 0.15) is 5.75 Å². The average Bonchev–Trinajstić information content (AvgIpc) is 3.52. The Kier molecular flexibility index (Phi) is 5.93. The molecule has 0 bridgehead atoms. The molecular weight excluding hydrogens is 360 g/mol. The summed E-state index contributed by atoms with van der Waals surface area (Å²) >= 11 is 0. The normalized spacial score (nSPS) is 12.9. The maximum absolute atomic E-state index is 12.3. The quantitative estimate of drug-likeness (QED) is 0.650. The van der Waals surface area contributed by atoms with Gasteiger partial charge in [0.15, 0.2) is 0 Å². The largest absolute Gasteiger partial charge is 0.496 e. The number of methoxy groups -OCH3 is 1. The summed E-state index contributed by atoms with van der Waals surface area (Å²) < 4.78 is 5.23. The van der Waals surface area contributed by atoms with Gasteiger partial charge in [0.2, 0.25) is 0 Å². The number of carboxylic acids is 1. The van der Waals surface area contributed by atoms with Gasteiger partial charge in [-0.05, 0) is 61.2 Å². The van der Waals surface area contributed by atoms with Crippen LogP contribution >= 0.6 is 0 Å². The van der Waals surface area contributed by atoms with Gasteiger partial charge in [-0.1, -0.05) is 6.07 Å². The minimum Gasteiger partial charge on any atom is -0.496 e. The third kappa shape index (κ3) is 4.88. The van der Waals surface area contributed by atoms with Crippen LogP contribution in [-0.4, -0.2) is 42.6 Å². The van der Waals surface area contributed by atoms with E-state index in [9.17, 15) is 14.4 Å². The highest BCUT2D eigenvalue weighted by Gasteiger charge is 2.23. The maximum atomic E-state index is 12.3. The lowest BCUT2D eigenvalue weighted by Crippen LogP contribution is -2.27. The Morgan fingerprint density at radius 2 is 1.61 bits per heavy atom. The third-order valence-electron chi connectivity index (χ3n) is 4.54. The van der Waals surface area contributed by atoms with Crippen molar-refractivity contribution in [1.82, 2.24) is 10.6 Å². The van der Waals surface area contributed by atoms with Gasteiger partial charge in [-0.15, -0.1) is 0 Å². The molecule has 0 spiro atoms. The second-order valence-corrected chi connectivity index (χ2v) is 6.66. The number of hydrogen-bond acceptors (Lipinski definition) is 4. The molecule has 1 fully saturated rings. The summed E-state index contributed by atoms with van der Waals surface area (Å²) in [6.07, 6.45) is 2.54. The standard InChI is InChI=1S/C21H22N2O5/c1-28-18-12-16(21(26)27)7-2-13(18)10-11-22-19(24)14-3-5-15(6-4-14)20(25)23-17-8-9-17/h2-7,12,17H,8-11H2,1H3,(H,22,24)(H,23,25)(H,26,27). The van der Waals surface area contributed by atoms with E-state index < -0.39 is 5.97 Å². The van der Waals surface area contributed by atoms with Gasteiger partial charge in [-0.3, -0.25) is 9.59 Å². The second-order valence-electron chi connectivity index (χ2n) is 6.66. The molecule has 3 N–H and O–H groups in total. The van der Waals surface area contributed by atoms with Gasteiger partial charge < -0.3 is 20.5 Å². The highest BCUT2D eigenvalue weighted by atomic mass is 16.5. The van der Waals surface area contributed by atoms with Gasteiger partial charge in [-0.2, -0.15) is 0 Å². The van der Waals surface area contributed by atoms with Crippen molar-refractivity contribution >= 4 is 17.8 Å². The molecule has 0 aromatic heterocycles. The van der Waals surface area contributed by atoms with Crippen LogP contribution in [0.25, 0.3) is 0 Å². The van der Waals surface area contributed by atoms with Crippen molar-refractivity contribution in [1.29, 1.82) is 0 Å². The van der Waals surface area contributed by atoms with E-state index >= 15 is 0 Å². The molecule has 0 radical (unpaired) electrons. The zero-order chi connectivity index (χ0) is 20.1. The molecule has 0 heterocycles. The molecule has 7 nitrogen and oxygen atoms in total. The van der Waals surface area contributed by atoms with Crippen LogP contribution in [-0.2, 0) is 6.42 Å². The average molecular weight is 382 g/mol. The summed E-state index contributed by atoms with van der Waals surface area (Å²) in [5.41, 5.74) is 1.96. The summed E-state index contributed by atoms with van der Waals surface area (Å²) in [4.78, 5) is 35.3. The van der Waals surface area contributed by atoms with Crippen molar-refractivity contribution in [3.63, 3.8) is 0 Å². The smallest absolute Gasteiger partial charge is 0.335 e. The topological polar surface area (TPSA) is 105 Å². The number of hydrogen-bond donors (Lipinski definition) is 3. The molecule has 0 aliphatic heterocycles. The number of carboxylic acid groups (broad SMARTS) is 1. The van der Waals surface area contributed by atoms with Crippen molar-refractivity contribution in [3.05, 3.63) is 64.7 Å². The maximum Gasteiger partial charge on any atom is 0.335 e. The molecule has 2 amide bonds. The van der Waals surface area contributed by atoms with Gasteiger partial charge >= 0.3 is 5.97 Å². The van der Waals surface area contributed by atoms with Gasteiger partial charge in [0.25, 0.3) is 11.8 Å². The molecular formula is C21H22N2O5. The lowest BCUT2D eigenvalue weighted by atomic mass is 10.1. The van der Waals surface area contributed by atoms with Crippen LogP contribution in [0.4, 0.5) is 0 Å². The lowest BCUT2D eigenvalue weighted by Gasteiger charge is -2.10. The number of carbonyl (C=O) groups excluding carboxylic acids is 2. The lowest BCUT2D eigenvalue weighted by molar-refractivity contribution is 0.0696. The van der Waals surface area contributed by atoms with E-state index in [2.05, 4.69) is 10.6 Å². The fourth-order valence-corrected chi connectivity index (χ4v) is 2.77. The first-order chi connectivity index (χ1) is 13.5. The fraction of sp³-hybridized carbons (Fsp3) is 0.286. The number of nitrogens with one attached hydrogen (secondary N) is 2. The number of carbonyl (C=O) groups is 3. The van der Waals surface area contributed by atoms with Crippen LogP contribution < -0.4 is 15.4 Å². The summed E-state index contributed by atoms with van der Waals surface area (Å²) in [7, 11) is 1.48. The van der Waals surface area contributed by atoms with E-state index in [0.717, 1.165) is 18.4 Å². The Morgan fingerprint density at radius 3 is 2.18 bits per heavy atom. The zero-order valence-electron chi connectivity index (χ0n) is 15.5. The van der Waals surface area contributed by atoms with Crippen LogP contribution in [0.2, 0.25) is 0 Å². The highest BCUT2D eigenvalue weighted by Crippen LogP contribution is 2.21. The fourth-order valence-electron chi connectivity index (χ4n) is 2.77. The molecule has 28 heavy (non-hydrogen) atoms. The minimum absolute atomic E-state index is 0.119. The Labute approximate surface area is 162 Å². The number of benzene rings is 2. The van der Waals surface area contributed by atoms with Crippen molar-refractivity contribution in [3.8, 4) is 5.75 Å². The Hall–Kier alpha value is -3.35. The van der Waals surface area contributed by atoms with Crippen LogP contribution in [0, 0.1) is 0 Å². The van der Waals surface area contributed by atoms with Crippen LogP contribution in [0.5, 0.6) is 5.75 Å². The van der Waals surface area contributed by atoms with Crippen molar-refractivity contribution in [2.75, 3.05) is 13.7 Å². The van der Waals surface area contributed by atoms with Crippen molar-refractivity contribution in [2.24, 2.45) is 0 Å². The SMILES string of the molecule is COc1cc(C(=O)O)ccc1CCNC(=O)c1ccc(C(=O)NC2CC2)cc1. The van der Waals surface area contributed by atoms with Crippen LogP contribution in [0.3, 0.4) is 0 Å². The van der Waals surface area contributed by atoms with E-state index in [4.69, 9.17) is 9.84 Å². The second kappa shape index (κ2) is 8.56. The Bertz CT molecular complexity index is 888. The van der Waals surface area contributed by atoms with Crippen LogP contribution in [0.1, 0.15) is 49.5 Å². The van der Waals surface area contributed by atoms with E-state index in [1.165, 1.54) is 19.2 Å². The molecule has 2 aromatic rings. The minimum atomic E-state index is -1.02. The summed E-state index contributed by atoms with van der Waals surface area (Å²) in [5.74, 6) is -0.908. The molecule has 1 aliphatic rings. The molecule has 7 heteroatoms. The number of amides is 2. The number of rotatable bonds is 8. The molecule has 2 aromatic carbocycles. The van der Waals surface area contributed by atoms with Gasteiger partial charge in [0, 0.05) is 23.7 Å². The number of aromatic carboxylic acids is 1. The predicted octanol–water partition coefficient (Wildman–Crippen LogP) is 2.26. The Balaban J connectivity index is 1.54. The zero-order valence-corrected chi connectivity index (χ0v) is 15.5. The predicted molar refractivity (Wildman–Crippen MR) is 103 cm³/mol. The van der Waals surface area contributed by atoms with E-state index in [0.29, 0.717) is 29.8 Å². The van der Waals surface area contributed by atoms with E-state index in [1.54, 1.807) is 30.3 Å². The third-order valence-corrected chi connectivity index (χ3v) is 4.54. The monoisotopic (exact) mass is 382 g/mol. The number of ether oxygens (including phenoxy) is 1. The molecule has 1 saturated carbocycles. The van der Waals surface area contributed by atoms with Crippen molar-refractivity contribution < 1.29 is 24.2 Å². The van der Waals surface area contributed by atoms with Crippen LogP contribution in [0.15, 0.2) is 42.5 Å². The molecule has 0 unspecified atom stereocenters. The molecule has 1 aliphatic carbocycles. The first-order valence-electron chi connectivity index (χ1n) is 9.07. The van der Waals surface area contributed by atoms with E-state index in [1.807, 2.05) is 0 Å². The summed E-state index contributed by atoms with van der Waals surface area (Å²) in [6.45, 7) is 0.367. The van der Waals surface area contributed by atoms with Crippen molar-refractivity contribution in [2.45, 2.75) is 25.3 Å².